The van der Waals surface area contributed by atoms with Gasteiger partial charge in [0, 0.05) is 19.9 Å². The van der Waals surface area contributed by atoms with Crippen LogP contribution in [-0.4, -0.2) is 36.0 Å². The Balaban J connectivity index is 0.00000108. The van der Waals surface area contributed by atoms with Gasteiger partial charge in [-0.15, -0.1) is 12.3 Å². The molecule has 4 nitrogen and oxygen atoms in total. The number of carbonyl (C=O) groups excluding carboxylic acids is 2. The van der Waals surface area contributed by atoms with E-state index in [9.17, 15) is 9.59 Å². The lowest BCUT2D eigenvalue weighted by molar-refractivity contribution is -0.156. The van der Waals surface area contributed by atoms with Crippen LogP contribution in [0.3, 0.4) is 0 Å². The number of hydrogen-bond acceptors (Lipinski definition) is 3. The van der Waals surface area contributed by atoms with Crippen LogP contribution in [0, 0.1) is 24.2 Å². The first-order valence-corrected chi connectivity index (χ1v) is 11.4. The fraction of sp³-hybridized carbons (Fsp3) is 0.833. The molecular weight excluding hydrogens is 350 g/mol. The lowest BCUT2D eigenvalue weighted by Crippen LogP contribution is -2.47. The van der Waals surface area contributed by atoms with Gasteiger partial charge in [0.25, 0.3) is 0 Å². The van der Waals surface area contributed by atoms with Crippen molar-refractivity contribution in [3.8, 4) is 12.3 Å². The summed E-state index contributed by atoms with van der Waals surface area (Å²) < 4.78 is 5.45. The van der Waals surface area contributed by atoms with Gasteiger partial charge in [0.15, 0.2) is 0 Å². The van der Waals surface area contributed by atoms with E-state index in [-0.39, 0.29) is 17.9 Å². The van der Waals surface area contributed by atoms with E-state index in [0.29, 0.717) is 13.2 Å². The molecule has 0 aromatic rings. The molecule has 2 fully saturated rings. The summed E-state index contributed by atoms with van der Waals surface area (Å²) in [6.45, 7) is 11.0. The standard InChI is InChI=1S/C18H31NO3.C4H6.C2H6/c1-14-7-5-8-16(13-14)9-6-12-22-18(21)17-10-3-4-11-19(17)15(2)20;1-3-4-2;1-2/h14,16-17H,3-13H2,1-2H3;1H,4H2,2H3;1-2H3/t14-,16-,17-;;/m0../s1. The lowest BCUT2D eigenvalue weighted by Gasteiger charge is -2.33. The second-order valence-corrected chi connectivity index (χ2v) is 7.73. The Morgan fingerprint density at radius 3 is 2.39 bits per heavy atom. The highest BCUT2D eigenvalue weighted by Gasteiger charge is 2.31. The van der Waals surface area contributed by atoms with Gasteiger partial charge in [0.2, 0.25) is 5.91 Å². The normalized spacial score (nSPS) is 23.9. The van der Waals surface area contributed by atoms with Crippen molar-refractivity contribution in [2.45, 2.75) is 105 Å². The van der Waals surface area contributed by atoms with Gasteiger partial charge in [-0.3, -0.25) is 4.79 Å². The molecule has 0 aromatic carbocycles. The Labute approximate surface area is 173 Å². The SMILES string of the molecule is C#CCC.CC.CC(=O)N1CCCC[C@H]1C(=O)OCCC[C@@H]1CCC[C@H](C)C1. The number of amides is 1. The molecule has 1 saturated heterocycles. The van der Waals surface area contributed by atoms with E-state index in [2.05, 4.69) is 12.8 Å². The first-order chi connectivity index (χ1) is 13.5. The minimum Gasteiger partial charge on any atom is -0.464 e. The molecule has 0 bridgehead atoms. The van der Waals surface area contributed by atoms with E-state index < -0.39 is 0 Å². The average molecular weight is 394 g/mol. The molecule has 28 heavy (non-hydrogen) atoms. The molecule has 1 aliphatic carbocycles. The summed E-state index contributed by atoms with van der Waals surface area (Å²) in [5.74, 6) is 3.88. The Bertz CT molecular complexity index is 469. The summed E-state index contributed by atoms with van der Waals surface area (Å²) in [5.41, 5.74) is 0. The summed E-state index contributed by atoms with van der Waals surface area (Å²) in [4.78, 5) is 25.5. The van der Waals surface area contributed by atoms with Crippen LogP contribution in [0.5, 0.6) is 0 Å². The highest BCUT2D eigenvalue weighted by atomic mass is 16.5. The summed E-state index contributed by atoms with van der Waals surface area (Å²) >= 11 is 0. The zero-order valence-electron chi connectivity index (χ0n) is 19.0. The third-order valence-electron chi connectivity index (χ3n) is 5.43. The van der Waals surface area contributed by atoms with Gasteiger partial charge in [-0.2, -0.15) is 0 Å². The number of terminal acetylenes is 1. The zero-order valence-corrected chi connectivity index (χ0v) is 19.0. The quantitative estimate of drug-likeness (QED) is 0.347. The van der Waals surface area contributed by atoms with E-state index in [4.69, 9.17) is 11.2 Å². The highest BCUT2D eigenvalue weighted by molar-refractivity contribution is 5.83. The first-order valence-electron chi connectivity index (χ1n) is 11.4. The molecule has 2 aliphatic rings. The number of hydrogen-bond donors (Lipinski definition) is 0. The van der Waals surface area contributed by atoms with Crippen LogP contribution in [0.4, 0.5) is 0 Å². The van der Waals surface area contributed by atoms with Crippen molar-refractivity contribution < 1.29 is 14.3 Å². The van der Waals surface area contributed by atoms with Gasteiger partial charge in [-0.05, 0) is 50.4 Å². The van der Waals surface area contributed by atoms with Crippen molar-refractivity contribution in [2.75, 3.05) is 13.2 Å². The van der Waals surface area contributed by atoms with Crippen molar-refractivity contribution in [2.24, 2.45) is 11.8 Å². The van der Waals surface area contributed by atoms with Gasteiger partial charge < -0.3 is 9.64 Å². The molecule has 3 atom stereocenters. The Morgan fingerprint density at radius 1 is 1.14 bits per heavy atom. The summed E-state index contributed by atoms with van der Waals surface area (Å²) in [6.07, 6.45) is 15.9. The molecular formula is C24H43NO3. The summed E-state index contributed by atoms with van der Waals surface area (Å²) in [5, 5.41) is 0. The summed E-state index contributed by atoms with van der Waals surface area (Å²) in [6, 6.07) is -0.346. The topological polar surface area (TPSA) is 46.6 Å². The second kappa shape index (κ2) is 16.5. The van der Waals surface area contributed by atoms with Crippen LogP contribution in [0.1, 0.15) is 98.8 Å². The number of nitrogens with zero attached hydrogens (tertiary/aromatic N) is 1. The molecule has 0 spiro atoms. The molecule has 4 heteroatoms. The van der Waals surface area contributed by atoms with Crippen molar-refractivity contribution in [1.29, 1.82) is 0 Å². The fourth-order valence-electron chi connectivity index (χ4n) is 4.02. The smallest absolute Gasteiger partial charge is 0.328 e. The van der Waals surface area contributed by atoms with E-state index in [1.54, 1.807) is 4.90 Å². The van der Waals surface area contributed by atoms with Crippen LogP contribution in [0.15, 0.2) is 0 Å². The van der Waals surface area contributed by atoms with E-state index in [1.165, 1.54) is 39.0 Å². The van der Waals surface area contributed by atoms with Crippen molar-refractivity contribution in [1.82, 2.24) is 4.90 Å². The molecule has 1 heterocycles. The van der Waals surface area contributed by atoms with Crippen molar-refractivity contribution >= 4 is 11.9 Å². The zero-order chi connectivity index (χ0) is 21.4. The van der Waals surface area contributed by atoms with Crippen LogP contribution in [-0.2, 0) is 14.3 Å². The van der Waals surface area contributed by atoms with Crippen molar-refractivity contribution in [3.63, 3.8) is 0 Å². The Kier molecular flexibility index (Phi) is 15.6. The fourth-order valence-corrected chi connectivity index (χ4v) is 4.02. The molecule has 162 valence electrons. The average Bonchev–Trinajstić information content (AvgIpc) is 2.72. The third-order valence-corrected chi connectivity index (χ3v) is 5.43. The molecule has 0 unspecified atom stereocenters. The van der Waals surface area contributed by atoms with E-state index in [1.807, 2.05) is 20.8 Å². The van der Waals surface area contributed by atoms with Gasteiger partial charge in [-0.1, -0.05) is 47.0 Å². The van der Waals surface area contributed by atoms with Gasteiger partial charge >= 0.3 is 5.97 Å². The molecule has 0 N–H and O–H groups in total. The molecule has 1 amide bonds. The van der Waals surface area contributed by atoms with Gasteiger partial charge in [0.1, 0.15) is 6.04 Å². The van der Waals surface area contributed by atoms with Crippen LogP contribution < -0.4 is 0 Å². The van der Waals surface area contributed by atoms with Gasteiger partial charge in [-0.25, -0.2) is 4.79 Å². The monoisotopic (exact) mass is 393 g/mol. The predicted molar refractivity (Wildman–Crippen MR) is 117 cm³/mol. The number of rotatable bonds is 5. The number of esters is 1. The van der Waals surface area contributed by atoms with Crippen LogP contribution >= 0.6 is 0 Å². The van der Waals surface area contributed by atoms with E-state index >= 15 is 0 Å². The summed E-state index contributed by atoms with van der Waals surface area (Å²) in [7, 11) is 0. The highest BCUT2D eigenvalue weighted by Crippen LogP contribution is 2.31. The second-order valence-electron chi connectivity index (χ2n) is 7.73. The van der Waals surface area contributed by atoms with E-state index in [0.717, 1.165) is 43.9 Å². The molecule has 1 saturated carbocycles. The third kappa shape index (κ3) is 10.7. The minimum absolute atomic E-state index is 0.0159. The number of likely N-dealkylation sites (tertiary alicyclic amines) is 1. The number of ether oxygens (including phenoxy) is 1. The number of piperidine rings is 1. The van der Waals surface area contributed by atoms with Crippen molar-refractivity contribution in [3.05, 3.63) is 0 Å². The maximum atomic E-state index is 12.2. The molecule has 0 aromatic heterocycles. The van der Waals surface area contributed by atoms with Crippen LogP contribution in [0.2, 0.25) is 0 Å². The first kappa shape index (κ1) is 26.5. The lowest BCUT2D eigenvalue weighted by atomic mass is 9.80. The molecule has 2 rings (SSSR count). The largest absolute Gasteiger partial charge is 0.464 e. The molecule has 0 radical (unpaired) electrons. The maximum Gasteiger partial charge on any atom is 0.328 e. The van der Waals surface area contributed by atoms with Crippen LogP contribution in [0.25, 0.3) is 0 Å². The Hall–Kier alpha value is -1.50. The minimum atomic E-state index is -0.346. The maximum absolute atomic E-state index is 12.2. The predicted octanol–water partition coefficient (Wildman–Crippen LogP) is 5.59. The number of carbonyl (C=O) groups is 2. The van der Waals surface area contributed by atoms with Gasteiger partial charge in [0.05, 0.1) is 6.61 Å². The Morgan fingerprint density at radius 2 is 1.82 bits per heavy atom. The molecule has 1 aliphatic heterocycles.